The van der Waals surface area contributed by atoms with Gasteiger partial charge in [0.15, 0.2) is 0 Å². The molecule has 7 heteroatoms. The Morgan fingerprint density at radius 2 is 1.85 bits per heavy atom. The summed E-state index contributed by atoms with van der Waals surface area (Å²) in [5.41, 5.74) is 5.64. The third kappa shape index (κ3) is 4.99. The smallest absolute Gasteiger partial charge is 0.309 e. The lowest BCUT2D eigenvalue weighted by atomic mass is 9.75. The highest BCUT2D eigenvalue weighted by molar-refractivity contribution is 5.80. The average Bonchev–Trinajstić information content (AvgIpc) is 3.34. The summed E-state index contributed by atoms with van der Waals surface area (Å²) in [6.07, 6.45) is 8.22. The maximum Gasteiger partial charge on any atom is 0.309 e. The lowest BCUT2D eigenvalue weighted by molar-refractivity contribution is -0.145. The van der Waals surface area contributed by atoms with Crippen molar-refractivity contribution in [2.24, 2.45) is 5.92 Å². The van der Waals surface area contributed by atoms with E-state index in [0.717, 1.165) is 67.4 Å². The summed E-state index contributed by atoms with van der Waals surface area (Å²) in [7, 11) is 3.27. The first-order valence-electron chi connectivity index (χ1n) is 14.7. The second-order valence-corrected chi connectivity index (χ2v) is 11.8. The number of methoxy groups -OCH3 is 2. The van der Waals surface area contributed by atoms with Gasteiger partial charge in [-0.3, -0.25) is 4.79 Å². The van der Waals surface area contributed by atoms with Crippen LogP contribution in [0, 0.1) is 11.7 Å². The number of hydrogen-bond donors (Lipinski definition) is 0. The molecule has 3 aromatic rings. The molecule has 3 aliphatic carbocycles. The van der Waals surface area contributed by atoms with Crippen LogP contribution < -0.4 is 9.47 Å². The van der Waals surface area contributed by atoms with Gasteiger partial charge in [0.05, 0.1) is 32.4 Å². The molecule has 2 fully saturated rings. The largest absolute Gasteiger partial charge is 0.489 e. The zero-order valence-electron chi connectivity index (χ0n) is 24.1. The van der Waals surface area contributed by atoms with Crippen molar-refractivity contribution in [2.75, 3.05) is 27.4 Å². The number of ether oxygens (including phenoxy) is 4. The molecule has 1 heterocycles. The molecule has 0 radical (unpaired) electrons. The van der Waals surface area contributed by atoms with Crippen LogP contribution >= 0.6 is 0 Å². The Bertz CT molecular complexity index is 1450. The molecule has 2 saturated carbocycles. The minimum absolute atomic E-state index is 0.0513. The molecular weight excluding hydrogens is 521 g/mol. The lowest BCUT2D eigenvalue weighted by Crippen LogP contribution is -2.29. The van der Waals surface area contributed by atoms with Gasteiger partial charge in [-0.2, -0.15) is 0 Å². The van der Waals surface area contributed by atoms with Crippen LogP contribution in [0.15, 0.2) is 48.7 Å². The Morgan fingerprint density at radius 3 is 2.61 bits per heavy atom. The van der Waals surface area contributed by atoms with Crippen LogP contribution in [-0.4, -0.2) is 38.4 Å². The van der Waals surface area contributed by atoms with Gasteiger partial charge in [0.25, 0.3) is 0 Å². The summed E-state index contributed by atoms with van der Waals surface area (Å²) in [5, 5.41) is 0. The minimum Gasteiger partial charge on any atom is -0.489 e. The van der Waals surface area contributed by atoms with Crippen molar-refractivity contribution in [2.45, 2.75) is 69.3 Å². The number of hydrogen-bond acceptors (Lipinski definition) is 6. The van der Waals surface area contributed by atoms with Crippen molar-refractivity contribution in [1.29, 1.82) is 0 Å². The molecule has 0 saturated heterocycles. The molecule has 1 spiro atoms. The van der Waals surface area contributed by atoms with E-state index in [1.165, 1.54) is 24.4 Å². The molecule has 1 aromatic heterocycles. The predicted octanol–water partition coefficient (Wildman–Crippen LogP) is 6.70. The van der Waals surface area contributed by atoms with Gasteiger partial charge in [0.2, 0.25) is 5.88 Å². The van der Waals surface area contributed by atoms with E-state index in [4.69, 9.17) is 18.9 Å². The fourth-order valence-electron chi connectivity index (χ4n) is 7.33. The number of aryl methyl sites for hydroxylation is 1. The highest BCUT2D eigenvalue weighted by Gasteiger charge is 2.62. The first-order valence-corrected chi connectivity index (χ1v) is 14.7. The molecule has 0 bridgehead atoms. The number of fused-ring (bicyclic) bond motifs is 2. The second kappa shape index (κ2) is 11.1. The van der Waals surface area contributed by atoms with Gasteiger partial charge in [0.1, 0.15) is 18.2 Å². The number of pyridine rings is 1. The van der Waals surface area contributed by atoms with Crippen molar-refractivity contribution in [3.8, 4) is 22.8 Å². The SMILES string of the molecule is CCOC(=O)[C@@H]1C[C@]12CCc1ccc(OCc3ccc(-c4cc(OC)ncc4F)c(C4(COC)CCCC4)c3)cc12. The van der Waals surface area contributed by atoms with E-state index in [-0.39, 0.29) is 28.5 Å². The van der Waals surface area contributed by atoms with Crippen LogP contribution in [0.4, 0.5) is 4.39 Å². The van der Waals surface area contributed by atoms with Gasteiger partial charge in [-0.1, -0.05) is 37.1 Å². The van der Waals surface area contributed by atoms with Gasteiger partial charge in [-0.15, -0.1) is 0 Å². The highest BCUT2D eigenvalue weighted by Crippen LogP contribution is 2.62. The van der Waals surface area contributed by atoms with Crippen LogP contribution in [0.2, 0.25) is 0 Å². The van der Waals surface area contributed by atoms with Gasteiger partial charge in [-0.05, 0) is 79.0 Å². The van der Waals surface area contributed by atoms with Crippen LogP contribution in [-0.2, 0) is 38.1 Å². The van der Waals surface area contributed by atoms with E-state index in [9.17, 15) is 4.79 Å². The molecule has 0 aliphatic heterocycles. The average molecular weight is 560 g/mol. The molecule has 6 nitrogen and oxygen atoms in total. The Hall–Kier alpha value is -3.45. The van der Waals surface area contributed by atoms with Gasteiger partial charge >= 0.3 is 5.97 Å². The number of aromatic nitrogens is 1. The number of nitrogens with zero attached hydrogens (tertiary/aromatic N) is 1. The maximum atomic E-state index is 15.1. The molecule has 2 atom stereocenters. The summed E-state index contributed by atoms with van der Waals surface area (Å²) in [5.74, 6) is 0.656. The van der Waals surface area contributed by atoms with E-state index in [2.05, 4.69) is 23.2 Å². The fourth-order valence-corrected chi connectivity index (χ4v) is 7.33. The molecule has 216 valence electrons. The van der Waals surface area contributed by atoms with Crippen molar-refractivity contribution < 1.29 is 28.1 Å². The number of esters is 1. The minimum atomic E-state index is -0.380. The van der Waals surface area contributed by atoms with Gasteiger partial charge in [0, 0.05) is 29.6 Å². The molecule has 0 unspecified atom stereocenters. The zero-order valence-corrected chi connectivity index (χ0v) is 24.1. The van der Waals surface area contributed by atoms with E-state index < -0.39 is 0 Å². The summed E-state index contributed by atoms with van der Waals surface area (Å²) in [6.45, 7) is 3.22. The number of carbonyl (C=O) groups is 1. The Kier molecular flexibility index (Phi) is 7.49. The number of rotatable bonds is 10. The Labute approximate surface area is 241 Å². The topological polar surface area (TPSA) is 66.9 Å². The molecule has 3 aliphatic rings. The lowest BCUT2D eigenvalue weighted by Gasteiger charge is -2.32. The molecule has 0 amide bonds. The quantitative estimate of drug-likeness (QED) is 0.258. The number of carbonyl (C=O) groups excluding carboxylic acids is 1. The normalized spacial score (nSPS) is 22.0. The summed E-state index contributed by atoms with van der Waals surface area (Å²) >= 11 is 0. The summed E-state index contributed by atoms with van der Waals surface area (Å²) < 4.78 is 37.9. The highest BCUT2D eigenvalue weighted by atomic mass is 19.1. The first kappa shape index (κ1) is 27.7. The third-order valence-corrected chi connectivity index (χ3v) is 9.48. The molecule has 41 heavy (non-hydrogen) atoms. The van der Waals surface area contributed by atoms with Crippen molar-refractivity contribution >= 4 is 5.97 Å². The van der Waals surface area contributed by atoms with E-state index in [0.29, 0.717) is 31.3 Å². The third-order valence-electron chi connectivity index (χ3n) is 9.48. The van der Waals surface area contributed by atoms with Crippen molar-refractivity contribution in [3.63, 3.8) is 0 Å². The van der Waals surface area contributed by atoms with Crippen LogP contribution in [0.1, 0.15) is 67.7 Å². The molecule has 6 rings (SSSR count). The zero-order chi connectivity index (χ0) is 28.6. The monoisotopic (exact) mass is 559 g/mol. The van der Waals surface area contributed by atoms with E-state index in [1.807, 2.05) is 25.1 Å². The number of halogens is 1. The summed E-state index contributed by atoms with van der Waals surface area (Å²) in [4.78, 5) is 16.5. The predicted molar refractivity (Wildman–Crippen MR) is 154 cm³/mol. The Balaban J connectivity index is 1.29. The summed E-state index contributed by atoms with van der Waals surface area (Å²) in [6, 6.07) is 14.1. The Morgan fingerprint density at radius 1 is 1.02 bits per heavy atom. The maximum absolute atomic E-state index is 15.1. The standard InChI is InChI=1S/C34H38FNO5/c1-4-40-32(37)29-18-34(29)14-11-23-8-9-24(16-27(23)34)41-20-22-7-10-25(26-17-31(39-3)36-19-30(26)35)28(15-22)33(21-38-2)12-5-6-13-33/h7-10,15-17,19,29H,4-6,11-14,18,20-21H2,1-3H3/t29-,34-/m0/s1. The van der Waals surface area contributed by atoms with E-state index >= 15 is 4.39 Å². The van der Waals surface area contributed by atoms with Gasteiger partial charge < -0.3 is 18.9 Å². The van der Waals surface area contributed by atoms with Crippen LogP contribution in [0.25, 0.3) is 11.1 Å². The van der Waals surface area contributed by atoms with Crippen LogP contribution in [0.3, 0.4) is 0 Å². The molecule has 2 aromatic carbocycles. The van der Waals surface area contributed by atoms with Crippen LogP contribution in [0.5, 0.6) is 11.6 Å². The fraction of sp³-hybridized carbons (Fsp3) is 0.471. The number of benzene rings is 2. The molecule has 0 N–H and O–H groups in total. The van der Waals surface area contributed by atoms with Gasteiger partial charge in [-0.25, -0.2) is 9.37 Å². The van der Waals surface area contributed by atoms with E-state index in [1.54, 1.807) is 13.2 Å². The molecular formula is C34H38FNO5. The second-order valence-electron chi connectivity index (χ2n) is 11.8. The first-order chi connectivity index (χ1) is 19.9. The van der Waals surface area contributed by atoms with Crippen molar-refractivity contribution in [3.05, 3.63) is 76.7 Å². The van der Waals surface area contributed by atoms with Crippen molar-refractivity contribution in [1.82, 2.24) is 4.98 Å².